The third-order valence-electron chi connectivity index (χ3n) is 3.23. The van der Waals surface area contributed by atoms with Crippen molar-refractivity contribution in [2.75, 3.05) is 7.11 Å². The molecule has 0 amide bonds. The fourth-order valence-corrected chi connectivity index (χ4v) is 2.02. The Morgan fingerprint density at radius 2 is 1.71 bits per heavy atom. The highest BCUT2D eigenvalue weighted by Crippen LogP contribution is 2.24. The summed E-state index contributed by atoms with van der Waals surface area (Å²) in [7, 11) is 1.31. The second-order valence-corrected chi connectivity index (χ2v) is 4.82. The third kappa shape index (κ3) is 3.80. The molecule has 0 saturated carbocycles. The highest BCUT2D eigenvalue weighted by molar-refractivity contribution is 5.94. The van der Waals surface area contributed by atoms with Crippen molar-refractivity contribution in [2.24, 2.45) is 0 Å². The minimum Gasteiger partial charge on any atom is -0.466 e. The first-order chi connectivity index (χ1) is 10.1. The molecular weight excluding hydrogens is 264 g/mol. The van der Waals surface area contributed by atoms with Crippen LogP contribution in [0, 0.1) is 6.92 Å². The van der Waals surface area contributed by atoms with Gasteiger partial charge in [0, 0.05) is 0 Å². The number of carbonyl (C=O) groups excluding carboxylic acids is 1. The molecule has 2 aromatic carbocycles. The number of benzene rings is 2. The molecule has 0 heterocycles. The second-order valence-electron chi connectivity index (χ2n) is 4.82. The Hall–Kier alpha value is -2.39. The van der Waals surface area contributed by atoms with E-state index in [0.29, 0.717) is 5.56 Å². The van der Waals surface area contributed by atoms with E-state index in [0.717, 1.165) is 11.1 Å². The van der Waals surface area contributed by atoms with Crippen LogP contribution >= 0.6 is 0 Å². The summed E-state index contributed by atoms with van der Waals surface area (Å²) in [5.41, 5.74) is 2.85. The predicted molar refractivity (Wildman–Crippen MR) is 82.6 cm³/mol. The molecule has 0 spiro atoms. The Labute approximate surface area is 124 Å². The summed E-state index contributed by atoms with van der Waals surface area (Å²) >= 11 is 0. The maximum atomic E-state index is 11.9. The maximum Gasteiger partial charge on any atom is 0.336 e. The van der Waals surface area contributed by atoms with E-state index >= 15 is 0 Å². The van der Waals surface area contributed by atoms with Crippen LogP contribution in [0.3, 0.4) is 0 Å². The molecule has 2 rings (SSSR count). The van der Waals surface area contributed by atoms with Crippen LogP contribution in [0.5, 0.6) is 0 Å². The fraction of sp³-hybridized carbons (Fsp3) is 0.167. The number of aliphatic hydroxyl groups is 1. The summed E-state index contributed by atoms with van der Waals surface area (Å²) in [6, 6.07) is 16.8. The van der Waals surface area contributed by atoms with Crippen molar-refractivity contribution in [1.82, 2.24) is 0 Å². The number of ether oxygens (including phenoxy) is 1. The van der Waals surface area contributed by atoms with Crippen LogP contribution in [0.4, 0.5) is 0 Å². The number of esters is 1. The smallest absolute Gasteiger partial charge is 0.336 e. The second kappa shape index (κ2) is 6.86. The van der Waals surface area contributed by atoms with Crippen LogP contribution in [0.25, 0.3) is 6.08 Å². The van der Waals surface area contributed by atoms with Gasteiger partial charge in [-0.2, -0.15) is 0 Å². The van der Waals surface area contributed by atoms with Crippen LogP contribution < -0.4 is 0 Å². The molecule has 3 nitrogen and oxygen atoms in total. The molecule has 0 aromatic heterocycles. The molecule has 1 N–H and O–H groups in total. The van der Waals surface area contributed by atoms with Crippen LogP contribution in [-0.2, 0) is 9.53 Å². The van der Waals surface area contributed by atoms with Gasteiger partial charge in [-0.05, 0) is 24.1 Å². The van der Waals surface area contributed by atoms with Crippen molar-refractivity contribution in [2.45, 2.75) is 13.0 Å². The molecule has 3 heteroatoms. The minimum absolute atomic E-state index is 0.215. The molecule has 0 radical (unpaired) electrons. The number of hydrogen-bond donors (Lipinski definition) is 1. The highest BCUT2D eigenvalue weighted by atomic mass is 16.5. The van der Waals surface area contributed by atoms with Gasteiger partial charge in [0.25, 0.3) is 0 Å². The monoisotopic (exact) mass is 282 g/mol. The molecule has 0 saturated heterocycles. The standard InChI is InChI=1S/C18H18O3/c1-13-8-10-14(11-9-13)12-16(18(20)21-2)17(19)15-6-4-3-5-7-15/h3-12,17,19H,1-2H3/b16-12+. The van der Waals surface area contributed by atoms with E-state index < -0.39 is 12.1 Å². The van der Waals surface area contributed by atoms with Crippen molar-refractivity contribution >= 4 is 12.0 Å². The van der Waals surface area contributed by atoms with Crippen molar-refractivity contribution in [3.05, 3.63) is 76.9 Å². The van der Waals surface area contributed by atoms with Gasteiger partial charge in [-0.15, -0.1) is 0 Å². The van der Waals surface area contributed by atoms with E-state index in [1.165, 1.54) is 7.11 Å². The highest BCUT2D eigenvalue weighted by Gasteiger charge is 2.21. The number of aliphatic hydroxyl groups excluding tert-OH is 1. The molecule has 1 unspecified atom stereocenters. The van der Waals surface area contributed by atoms with E-state index in [4.69, 9.17) is 4.74 Å². The van der Waals surface area contributed by atoms with E-state index in [9.17, 15) is 9.90 Å². The molecule has 0 bridgehead atoms. The Kier molecular flexibility index (Phi) is 4.90. The summed E-state index contributed by atoms with van der Waals surface area (Å²) in [5.74, 6) is -0.535. The van der Waals surface area contributed by atoms with Gasteiger partial charge in [0.05, 0.1) is 12.7 Å². The lowest BCUT2D eigenvalue weighted by Gasteiger charge is -2.14. The third-order valence-corrected chi connectivity index (χ3v) is 3.23. The summed E-state index contributed by atoms with van der Waals surface area (Å²) < 4.78 is 4.78. The number of methoxy groups -OCH3 is 1. The zero-order chi connectivity index (χ0) is 15.2. The van der Waals surface area contributed by atoms with Crippen molar-refractivity contribution < 1.29 is 14.6 Å². The summed E-state index contributed by atoms with van der Waals surface area (Å²) in [6.07, 6.45) is 0.642. The lowest BCUT2D eigenvalue weighted by Crippen LogP contribution is -2.13. The van der Waals surface area contributed by atoms with Crippen LogP contribution in [0.15, 0.2) is 60.2 Å². The van der Waals surface area contributed by atoms with Gasteiger partial charge in [0.1, 0.15) is 6.10 Å². The number of hydrogen-bond acceptors (Lipinski definition) is 3. The Balaban J connectivity index is 2.39. The van der Waals surface area contributed by atoms with Crippen molar-refractivity contribution in [3.8, 4) is 0 Å². The Bertz CT molecular complexity index is 627. The first kappa shape index (κ1) is 15.0. The van der Waals surface area contributed by atoms with Gasteiger partial charge in [-0.1, -0.05) is 60.2 Å². The summed E-state index contributed by atoms with van der Waals surface area (Å²) in [6.45, 7) is 1.99. The minimum atomic E-state index is -1.01. The fourth-order valence-electron chi connectivity index (χ4n) is 2.02. The molecule has 108 valence electrons. The normalized spacial score (nSPS) is 12.8. The largest absolute Gasteiger partial charge is 0.466 e. The maximum absolute atomic E-state index is 11.9. The first-order valence-corrected chi connectivity index (χ1v) is 6.71. The number of aryl methyl sites for hydroxylation is 1. The average molecular weight is 282 g/mol. The summed E-state index contributed by atoms with van der Waals surface area (Å²) in [4.78, 5) is 11.9. The van der Waals surface area contributed by atoms with Gasteiger partial charge in [-0.3, -0.25) is 0 Å². The van der Waals surface area contributed by atoms with E-state index in [2.05, 4.69) is 0 Å². The summed E-state index contributed by atoms with van der Waals surface area (Å²) in [5, 5.41) is 10.4. The van der Waals surface area contributed by atoms with Gasteiger partial charge in [0.15, 0.2) is 0 Å². The van der Waals surface area contributed by atoms with Gasteiger partial charge in [-0.25, -0.2) is 4.79 Å². The SMILES string of the molecule is COC(=O)/C(=C/c1ccc(C)cc1)C(O)c1ccccc1. The van der Waals surface area contributed by atoms with Crippen LogP contribution in [0.1, 0.15) is 22.8 Å². The molecule has 0 aliphatic rings. The quantitative estimate of drug-likeness (QED) is 0.691. The predicted octanol–water partition coefficient (Wildman–Crippen LogP) is 3.29. The lowest BCUT2D eigenvalue weighted by molar-refractivity contribution is -0.137. The van der Waals surface area contributed by atoms with E-state index in [-0.39, 0.29) is 5.57 Å². The Morgan fingerprint density at radius 1 is 1.10 bits per heavy atom. The molecule has 21 heavy (non-hydrogen) atoms. The van der Waals surface area contributed by atoms with Gasteiger partial charge >= 0.3 is 5.97 Å². The number of rotatable bonds is 4. The number of carbonyl (C=O) groups is 1. The van der Waals surface area contributed by atoms with E-state index in [1.54, 1.807) is 18.2 Å². The molecule has 0 aliphatic carbocycles. The van der Waals surface area contributed by atoms with Gasteiger partial charge in [0.2, 0.25) is 0 Å². The molecule has 0 aliphatic heterocycles. The van der Waals surface area contributed by atoms with Gasteiger partial charge < -0.3 is 9.84 Å². The van der Waals surface area contributed by atoms with Crippen molar-refractivity contribution in [1.29, 1.82) is 0 Å². The molecule has 1 atom stereocenters. The first-order valence-electron chi connectivity index (χ1n) is 6.71. The van der Waals surface area contributed by atoms with Crippen LogP contribution in [-0.4, -0.2) is 18.2 Å². The average Bonchev–Trinajstić information content (AvgIpc) is 2.54. The van der Waals surface area contributed by atoms with Crippen LogP contribution in [0.2, 0.25) is 0 Å². The molecule has 2 aromatic rings. The zero-order valence-corrected chi connectivity index (χ0v) is 12.1. The van der Waals surface area contributed by atoms with Crippen molar-refractivity contribution in [3.63, 3.8) is 0 Å². The van der Waals surface area contributed by atoms with E-state index in [1.807, 2.05) is 49.4 Å². The topological polar surface area (TPSA) is 46.5 Å². The Morgan fingerprint density at radius 3 is 2.29 bits per heavy atom. The zero-order valence-electron chi connectivity index (χ0n) is 12.1. The lowest BCUT2D eigenvalue weighted by atomic mass is 9.99. The molecular formula is C18H18O3. The molecule has 0 fully saturated rings.